The second kappa shape index (κ2) is 4.22. The fourth-order valence-corrected chi connectivity index (χ4v) is 4.62. The number of benzene rings is 1. The Morgan fingerprint density at radius 1 is 1.25 bits per heavy atom. The molecule has 2 aromatic rings. The highest BCUT2D eigenvalue weighted by Gasteiger charge is 2.41. The van der Waals surface area contributed by atoms with Crippen LogP contribution in [0.3, 0.4) is 0 Å². The minimum atomic E-state index is 0.479. The molecule has 0 saturated carbocycles. The van der Waals surface area contributed by atoms with Crippen LogP contribution in [0.5, 0.6) is 0 Å². The van der Waals surface area contributed by atoms with E-state index in [1.165, 1.54) is 40.2 Å². The number of rotatable bonds is 1. The lowest BCUT2D eigenvalue weighted by Crippen LogP contribution is -2.42. The van der Waals surface area contributed by atoms with Gasteiger partial charge in [-0.15, -0.1) is 0 Å². The zero-order chi connectivity index (χ0) is 13.9. The second-order valence-electron chi connectivity index (χ2n) is 6.01. The number of anilines is 2. The summed E-state index contributed by atoms with van der Waals surface area (Å²) in [6, 6.07) is 7.29. The summed E-state index contributed by atoms with van der Waals surface area (Å²) in [5.74, 6) is 0.560. The van der Waals surface area contributed by atoms with Gasteiger partial charge in [0.15, 0.2) is 5.13 Å². The molecule has 2 unspecified atom stereocenters. The molecular weight excluding hydrogens is 266 g/mol. The van der Waals surface area contributed by atoms with E-state index >= 15 is 0 Å². The average molecular weight is 285 g/mol. The molecule has 3 aliphatic rings. The SMILES string of the molecule is Cc1ccc(N2CC3CCC2c2sc(N)nc23)cc1C. The lowest BCUT2D eigenvalue weighted by molar-refractivity contribution is 0.389. The van der Waals surface area contributed by atoms with Gasteiger partial charge in [-0.3, -0.25) is 0 Å². The van der Waals surface area contributed by atoms with Crippen molar-refractivity contribution in [2.45, 2.75) is 38.6 Å². The molecule has 3 heterocycles. The number of nitrogen functional groups attached to an aromatic ring is 1. The van der Waals surface area contributed by atoms with Crippen molar-refractivity contribution in [3.63, 3.8) is 0 Å². The van der Waals surface area contributed by atoms with Gasteiger partial charge in [0, 0.05) is 18.2 Å². The largest absolute Gasteiger partial charge is 0.375 e. The van der Waals surface area contributed by atoms with Crippen molar-refractivity contribution in [2.24, 2.45) is 0 Å². The van der Waals surface area contributed by atoms with Gasteiger partial charge in [0.2, 0.25) is 0 Å². The molecule has 1 aromatic carbocycles. The third-order valence-corrected chi connectivity index (χ3v) is 5.79. The highest BCUT2D eigenvalue weighted by atomic mass is 32.1. The molecule has 2 aliphatic heterocycles. The van der Waals surface area contributed by atoms with Gasteiger partial charge in [0.05, 0.1) is 16.6 Å². The Morgan fingerprint density at radius 2 is 2.10 bits per heavy atom. The molecule has 2 N–H and O–H groups in total. The number of piperidine rings is 1. The molecule has 1 saturated heterocycles. The van der Waals surface area contributed by atoms with Gasteiger partial charge in [-0.2, -0.15) is 0 Å². The van der Waals surface area contributed by atoms with Crippen LogP contribution in [0.1, 0.15) is 46.5 Å². The minimum absolute atomic E-state index is 0.479. The van der Waals surface area contributed by atoms with Crippen molar-refractivity contribution in [3.8, 4) is 0 Å². The summed E-state index contributed by atoms with van der Waals surface area (Å²) < 4.78 is 0. The Bertz CT molecular complexity index is 676. The molecule has 0 radical (unpaired) electrons. The van der Waals surface area contributed by atoms with Crippen LogP contribution in [0.4, 0.5) is 10.8 Å². The van der Waals surface area contributed by atoms with Gasteiger partial charge in [-0.05, 0) is 49.9 Å². The monoisotopic (exact) mass is 285 g/mol. The summed E-state index contributed by atoms with van der Waals surface area (Å²) >= 11 is 1.68. The van der Waals surface area contributed by atoms with Crippen molar-refractivity contribution in [1.82, 2.24) is 4.98 Å². The van der Waals surface area contributed by atoms with Crippen LogP contribution in [0.2, 0.25) is 0 Å². The fraction of sp³-hybridized carbons (Fsp3) is 0.438. The predicted octanol–water partition coefficient (Wildman–Crippen LogP) is 3.78. The van der Waals surface area contributed by atoms with E-state index < -0.39 is 0 Å². The number of hydrogen-bond donors (Lipinski definition) is 1. The molecule has 2 bridgehead atoms. The maximum atomic E-state index is 5.93. The van der Waals surface area contributed by atoms with E-state index in [9.17, 15) is 0 Å². The van der Waals surface area contributed by atoms with Crippen LogP contribution in [0.15, 0.2) is 18.2 Å². The lowest BCUT2D eigenvalue weighted by atomic mass is 9.81. The first-order valence-corrected chi connectivity index (χ1v) is 8.05. The molecule has 1 fully saturated rings. The number of nitrogens with two attached hydrogens (primary N) is 1. The number of aromatic nitrogens is 1. The van der Waals surface area contributed by atoms with Crippen LogP contribution in [0, 0.1) is 13.8 Å². The number of aryl methyl sites for hydroxylation is 2. The molecule has 4 heteroatoms. The van der Waals surface area contributed by atoms with Crippen LogP contribution >= 0.6 is 11.3 Å². The maximum Gasteiger partial charge on any atom is 0.180 e. The zero-order valence-electron chi connectivity index (χ0n) is 11.9. The summed E-state index contributed by atoms with van der Waals surface area (Å²) in [6.45, 7) is 5.45. The molecule has 3 nitrogen and oxygen atoms in total. The Hall–Kier alpha value is -1.55. The van der Waals surface area contributed by atoms with Crippen LogP contribution in [-0.4, -0.2) is 11.5 Å². The average Bonchev–Trinajstić information content (AvgIpc) is 2.85. The van der Waals surface area contributed by atoms with Gasteiger partial charge in [-0.25, -0.2) is 4.98 Å². The summed E-state index contributed by atoms with van der Waals surface area (Å²) in [7, 11) is 0. The highest BCUT2D eigenvalue weighted by Crippen LogP contribution is 2.50. The first-order valence-electron chi connectivity index (χ1n) is 7.23. The van der Waals surface area contributed by atoms with E-state index in [1.54, 1.807) is 11.3 Å². The van der Waals surface area contributed by atoms with Crippen molar-refractivity contribution >= 4 is 22.2 Å². The standard InChI is InChI=1S/C16H19N3S/c1-9-3-5-12(7-10(9)2)19-8-11-4-6-13(19)15-14(11)18-16(17)20-15/h3,5,7,11,13H,4,6,8H2,1-2H3,(H2,17,18). The van der Waals surface area contributed by atoms with Gasteiger partial charge >= 0.3 is 0 Å². The molecule has 1 aromatic heterocycles. The summed E-state index contributed by atoms with van der Waals surface area (Å²) in [6.07, 6.45) is 2.48. The van der Waals surface area contributed by atoms with E-state index in [4.69, 9.17) is 5.73 Å². The van der Waals surface area contributed by atoms with E-state index in [0.29, 0.717) is 12.0 Å². The topological polar surface area (TPSA) is 42.1 Å². The quantitative estimate of drug-likeness (QED) is 0.867. The first-order chi connectivity index (χ1) is 9.63. The highest BCUT2D eigenvalue weighted by molar-refractivity contribution is 7.15. The molecule has 20 heavy (non-hydrogen) atoms. The van der Waals surface area contributed by atoms with Crippen LogP contribution < -0.4 is 10.6 Å². The van der Waals surface area contributed by atoms with Gasteiger partial charge in [0.1, 0.15) is 0 Å². The number of thiazole rings is 1. The summed E-state index contributed by atoms with van der Waals surface area (Å²) in [5, 5.41) is 0.730. The Labute approximate surface area is 123 Å². The number of fused-ring (bicyclic) bond motifs is 2. The summed E-state index contributed by atoms with van der Waals surface area (Å²) in [5.41, 5.74) is 11.3. The minimum Gasteiger partial charge on any atom is -0.375 e. The van der Waals surface area contributed by atoms with Crippen molar-refractivity contribution in [2.75, 3.05) is 17.2 Å². The third-order valence-electron chi connectivity index (χ3n) is 4.79. The molecule has 0 spiro atoms. The van der Waals surface area contributed by atoms with Crippen molar-refractivity contribution in [1.29, 1.82) is 0 Å². The Morgan fingerprint density at radius 3 is 2.90 bits per heavy atom. The second-order valence-corrected chi connectivity index (χ2v) is 7.07. The lowest BCUT2D eigenvalue weighted by Gasteiger charge is -2.45. The normalized spacial score (nSPS) is 24.0. The van der Waals surface area contributed by atoms with E-state index in [0.717, 1.165) is 11.7 Å². The Kier molecular flexibility index (Phi) is 2.58. The molecule has 5 rings (SSSR count). The number of hydrogen-bond acceptors (Lipinski definition) is 4. The third kappa shape index (κ3) is 1.67. The van der Waals surface area contributed by atoms with Crippen LogP contribution in [0.25, 0.3) is 0 Å². The summed E-state index contributed by atoms with van der Waals surface area (Å²) in [4.78, 5) is 8.53. The van der Waals surface area contributed by atoms with E-state index in [-0.39, 0.29) is 0 Å². The maximum absolute atomic E-state index is 5.93. The number of nitrogens with zero attached hydrogens (tertiary/aromatic N) is 2. The van der Waals surface area contributed by atoms with Crippen molar-refractivity contribution < 1.29 is 0 Å². The van der Waals surface area contributed by atoms with Crippen molar-refractivity contribution in [3.05, 3.63) is 39.9 Å². The van der Waals surface area contributed by atoms with Gasteiger partial charge in [-0.1, -0.05) is 17.4 Å². The molecular formula is C16H19N3S. The van der Waals surface area contributed by atoms with Crippen LogP contribution in [-0.2, 0) is 0 Å². The predicted molar refractivity (Wildman–Crippen MR) is 84.5 cm³/mol. The Balaban J connectivity index is 1.77. The molecule has 2 atom stereocenters. The molecule has 1 aliphatic carbocycles. The van der Waals surface area contributed by atoms with E-state index in [2.05, 4.69) is 41.9 Å². The van der Waals surface area contributed by atoms with Gasteiger partial charge < -0.3 is 10.6 Å². The molecule has 104 valence electrons. The fourth-order valence-electron chi connectivity index (χ4n) is 3.55. The zero-order valence-corrected chi connectivity index (χ0v) is 12.7. The first kappa shape index (κ1) is 12.2. The smallest absolute Gasteiger partial charge is 0.180 e. The molecule has 0 amide bonds. The van der Waals surface area contributed by atoms with E-state index in [1.807, 2.05) is 0 Å². The van der Waals surface area contributed by atoms with Gasteiger partial charge in [0.25, 0.3) is 0 Å².